The molecule has 1 aromatic heterocycles. The standard InChI is InChI=1S/C12H12N2O3/c1-2-17-10-5-3-9(4-6-10)14-11(15)7-8-13-12(14)16/h3-8H,2H2,1H3,(H,13,16). The third-order valence-corrected chi connectivity index (χ3v) is 2.26. The molecule has 1 N–H and O–H groups in total. The van der Waals surface area contributed by atoms with Gasteiger partial charge in [0.25, 0.3) is 5.56 Å². The average Bonchev–Trinajstić information content (AvgIpc) is 2.31. The summed E-state index contributed by atoms with van der Waals surface area (Å²) in [7, 11) is 0. The highest BCUT2D eigenvalue weighted by Crippen LogP contribution is 2.12. The second-order valence-corrected chi connectivity index (χ2v) is 3.38. The van der Waals surface area contributed by atoms with Crippen molar-refractivity contribution in [1.29, 1.82) is 0 Å². The van der Waals surface area contributed by atoms with Gasteiger partial charge in [-0.2, -0.15) is 0 Å². The van der Waals surface area contributed by atoms with E-state index in [1.54, 1.807) is 24.3 Å². The van der Waals surface area contributed by atoms with E-state index in [1.165, 1.54) is 12.3 Å². The van der Waals surface area contributed by atoms with Crippen LogP contribution in [0.2, 0.25) is 0 Å². The van der Waals surface area contributed by atoms with Crippen molar-refractivity contribution in [3.05, 3.63) is 57.4 Å². The highest BCUT2D eigenvalue weighted by Gasteiger charge is 2.03. The molecule has 1 heterocycles. The van der Waals surface area contributed by atoms with Crippen molar-refractivity contribution in [2.75, 3.05) is 6.61 Å². The molecule has 5 nitrogen and oxygen atoms in total. The highest BCUT2D eigenvalue weighted by atomic mass is 16.5. The number of H-pyrrole nitrogens is 1. The second kappa shape index (κ2) is 4.69. The van der Waals surface area contributed by atoms with Crippen LogP contribution < -0.4 is 16.0 Å². The molecule has 0 atom stereocenters. The first kappa shape index (κ1) is 11.2. The van der Waals surface area contributed by atoms with Crippen LogP contribution in [0.3, 0.4) is 0 Å². The molecule has 88 valence electrons. The fourth-order valence-corrected chi connectivity index (χ4v) is 1.53. The van der Waals surface area contributed by atoms with Crippen molar-refractivity contribution < 1.29 is 4.74 Å². The molecule has 17 heavy (non-hydrogen) atoms. The third-order valence-electron chi connectivity index (χ3n) is 2.26. The van der Waals surface area contributed by atoms with Crippen LogP contribution in [0.4, 0.5) is 0 Å². The molecule has 0 aliphatic heterocycles. The van der Waals surface area contributed by atoms with E-state index < -0.39 is 5.69 Å². The fourth-order valence-electron chi connectivity index (χ4n) is 1.53. The summed E-state index contributed by atoms with van der Waals surface area (Å²) in [4.78, 5) is 25.5. The van der Waals surface area contributed by atoms with Crippen LogP contribution >= 0.6 is 0 Å². The predicted molar refractivity (Wildman–Crippen MR) is 63.8 cm³/mol. The molecule has 2 rings (SSSR count). The average molecular weight is 232 g/mol. The van der Waals surface area contributed by atoms with Gasteiger partial charge in [0.15, 0.2) is 0 Å². The third kappa shape index (κ3) is 2.28. The summed E-state index contributed by atoms with van der Waals surface area (Å²) in [6, 6.07) is 8.08. The summed E-state index contributed by atoms with van der Waals surface area (Å²) < 4.78 is 6.35. The summed E-state index contributed by atoms with van der Waals surface area (Å²) in [5.74, 6) is 0.705. The van der Waals surface area contributed by atoms with Gasteiger partial charge in [0.05, 0.1) is 12.3 Å². The predicted octanol–water partition coefficient (Wildman–Crippen LogP) is 0.924. The molecule has 0 radical (unpaired) electrons. The van der Waals surface area contributed by atoms with Crippen molar-refractivity contribution in [2.24, 2.45) is 0 Å². The smallest absolute Gasteiger partial charge is 0.332 e. The van der Waals surface area contributed by atoms with Crippen LogP contribution in [0, 0.1) is 0 Å². The summed E-state index contributed by atoms with van der Waals surface area (Å²) >= 11 is 0. The number of benzene rings is 1. The molecule has 2 aromatic rings. The number of aromatic amines is 1. The van der Waals surface area contributed by atoms with Gasteiger partial charge in [0, 0.05) is 12.3 Å². The molecule has 0 bridgehead atoms. The topological polar surface area (TPSA) is 64.1 Å². The molecule has 0 unspecified atom stereocenters. The van der Waals surface area contributed by atoms with E-state index in [4.69, 9.17) is 4.74 Å². The van der Waals surface area contributed by atoms with Gasteiger partial charge in [-0.25, -0.2) is 9.36 Å². The Kier molecular flexibility index (Phi) is 3.09. The van der Waals surface area contributed by atoms with E-state index in [9.17, 15) is 9.59 Å². The maximum atomic E-state index is 11.6. The number of nitrogens with one attached hydrogen (secondary N) is 1. The quantitative estimate of drug-likeness (QED) is 0.856. The Morgan fingerprint density at radius 3 is 2.47 bits per heavy atom. The number of rotatable bonds is 3. The van der Waals surface area contributed by atoms with E-state index >= 15 is 0 Å². The number of ether oxygens (including phenoxy) is 1. The molecule has 0 fully saturated rings. The largest absolute Gasteiger partial charge is 0.494 e. The molecule has 0 amide bonds. The van der Waals surface area contributed by atoms with Crippen LogP contribution in [0.25, 0.3) is 5.69 Å². The van der Waals surface area contributed by atoms with Gasteiger partial charge in [-0.05, 0) is 31.2 Å². The van der Waals surface area contributed by atoms with Gasteiger partial charge >= 0.3 is 5.69 Å². The minimum Gasteiger partial charge on any atom is -0.494 e. The van der Waals surface area contributed by atoms with Gasteiger partial charge in [-0.15, -0.1) is 0 Å². The molecule has 0 saturated heterocycles. The van der Waals surface area contributed by atoms with Crippen molar-refractivity contribution in [3.8, 4) is 11.4 Å². The van der Waals surface area contributed by atoms with Crippen LogP contribution in [0.5, 0.6) is 5.75 Å². The lowest BCUT2D eigenvalue weighted by Gasteiger charge is -2.05. The summed E-state index contributed by atoms with van der Waals surface area (Å²) in [5, 5.41) is 0. The Morgan fingerprint density at radius 2 is 1.88 bits per heavy atom. The molecule has 1 aromatic carbocycles. The SMILES string of the molecule is CCOc1ccc(-n2c(=O)cc[nH]c2=O)cc1. The van der Waals surface area contributed by atoms with Gasteiger partial charge in [0.2, 0.25) is 0 Å². The number of hydrogen-bond donors (Lipinski definition) is 1. The molecule has 0 aliphatic carbocycles. The van der Waals surface area contributed by atoms with Crippen LogP contribution in [0.1, 0.15) is 6.92 Å². The monoisotopic (exact) mass is 232 g/mol. The van der Waals surface area contributed by atoms with Crippen LogP contribution in [-0.4, -0.2) is 16.2 Å². The van der Waals surface area contributed by atoms with E-state index in [0.29, 0.717) is 18.0 Å². The van der Waals surface area contributed by atoms with Gasteiger partial charge in [0.1, 0.15) is 5.75 Å². The zero-order valence-corrected chi connectivity index (χ0v) is 9.34. The first-order chi connectivity index (χ1) is 8.22. The summed E-state index contributed by atoms with van der Waals surface area (Å²) in [6.07, 6.45) is 1.33. The molecule has 0 saturated carbocycles. The molecule has 0 spiro atoms. The lowest BCUT2D eigenvalue weighted by atomic mass is 10.3. The van der Waals surface area contributed by atoms with E-state index in [-0.39, 0.29) is 5.56 Å². The second-order valence-electron chi connectivity index (χ2n) is 3.38. The molecule has 0 aliphatic rings. The Morgan fingerprint density at radius 1 is 1.18 bits per heavy atom. The van der Waals surface area contributed by atoms with Crippen LogP contribution in [0.15, 0.2) is 46.1 Å². The van der Waals surface area contributed by atoms with E-state index in [2.05, 4.69) is 4.98 Å². The first-order valence-corrected chi connectivity index (χ1v) is 5.26. The van der Waals surface area contributed by atoms with Crippen molar-refractivity contribution in [2.45, 2.75) is 6.92 Å². The van der Waals surface area contributed by atoms with Crippen molar-refractivity contribution in [3.63, 3.8) is 0 Å². The Balaban J connectivity index is 2.47. The van der Waals surface area contributed by atoms with Crippen molar-refractivity contribution in [1.82, 2.24) is 9.55 Å². The maximum absolute atomic E-state index is 11.6. The molecular formula is C12H12N2O3. The zero-order chi connectivity index (χ0) is 12.3. The van der Waals surface area contributed by atoms with Gasteiger partial charge in [-0.3, -0.25) is 4.79 Å². The number of nitrogens with zero attached hydrogens (tertiary/aromatic N) is 1. The minimum absolute atomic E-state index is 0.363. The van der Waals surface area contributed by atoms with Gasteiger partial charge in [-0.1, -0.05) is 0 Å². The minimum atomic E-state index is -0.457. The first-order valence-electron chi connectivity index (χ1n) is 5.26. The molecule has 5 heteroatoms. The number of aromatic nitrogens is 2. The van der Waals surface area contributed by atoms with Crippen molar-refractivity contribution >= 4 is 0 Å². The lowest BCUT2D eigenvalue weighted by Crippen LogP contribution is -2.32. The Hall–Kier alpha value is -2.30. The van der Waals surface area contributed by atoms with Crippen LogP contribution in [-0.2, 0) is 0 Å². The summed E-state index contributed by atoms with van der Waals surface area (Å²) in [6.45, 7) is 2.46. The Labute approximate surface area is 97.3 Å². The van der Waals surface area contributed by atoms with E-state index in [1.807, 2.05) is 6.92 Å². The van der Waals surface area contributed by atoms with Gasteiger partial charge < -0.3 is 9.72 Å². The summed E-state index contributed by atoms with van der Waals surface area (Å²) in [5.41, 5.74) is -0.306. The Bertz CT molecular complexity index is 582. The maximum Gasteiger partial charge on any atom is 0.332 e. The molecular weight excluding hydrogens is 220 g/mol. The normalized spacial score (nSPS) is 10.2. The zero-order valence-electron chi connectivity index (χ0n) is 9.34. The van der Waals surface area contributed by atoms with E-state index in [0.717, 1.165) is 4.57 Å². The lowest BCUT2D eigenvalue weighted by molar-refractivity contribution is 0.340. The number of hydrogen-bond acceptors (Lipinski definition) is 3. The fraction of sp³-hybridized carbons (Fsp3) is 0.167. The highest BCUT2D eigenvalue weighted by molar-refractivity contribution is 5.37.